The van der Waals surface area contributed by atoms with E-state index in [0.29, 0.717) is 5.69 Å². The van der Waals surface area contributed by atoms with Crippen LogP contribution in [0.15, 0.2) is 65.6 Å². The third-order valence-electron chi connectivity index (χ3n) is 3.03. The molecule has 2 aromatic carbocycles. The minimum Gasteiger partial charge on any atom is -0.478 e. The highest BCUT2D eigenvalue weighted by Crippen LogP contribution is 2.26. The molecule has 6 nitrogen and oxygen atoms in total. The van der Waals surface area contributed by atoms with Crippen LogP contribution in [0.3, 0.4) is 0 Å². The number of anilines is 1. The molecular weight excluding hydrogens is 330 g/mol. The average molecular weight is 347 g/mol. The number of para-hydroxylation sites is 1. The summed E-state index contributed by atoms with van der Waals surface area (Å²) in [6.07, 6.45) is 2.13. The summed E-state index contributed by atoms with van der Waals surface area (Å²) in [6.45, 7) is 1.84. The molecule has 0 radical (unpaired) electrons. The Hall–Kier alpha value is -2.64. The molecule has 1 N–H and O–H groups in total. The molecule has 0 amide bonds. The van der Waals surface area contributed by atoms with Gasteiger partial charge in [-0.2, -0.15) is 8.42 Å². The van der Waals surface area contributed by atoms with Crippen LogP contribution < -0.4 is 4.47 Å². The molecule has 0 aliphatic carbocycles. The Kier molecular flexibility index (Phi) is 5.73. The van der Waals surface area contributed by atoms with Gasteiger partial charge in [-0.1, -0.05) is 36.4 Å². The van der Waals surface area contributed by atoms with Crippen molar-refractivity contribution in [2.45, 2.75) is 11.8 Å². The molecule has 0 aliphatic rings. The zero-order valence-electron chi connectivity index (χ0n) is 13.0. The van der Waals surface area contributed by atoms with E-state index < -0.39 is 16.0 Å². The predicted molar refractivity (Wildman–Crippen MR) is 90.8 cm³/mol. The first-order valence-electron chi connectivity index (χ1n) is 7.20. The van der Waals surface area contributed by atoms with Gasteiger partial charge in [-0.25, -0.2) is 4.79 Å². The number of nitrogens with zero attached hydrogens (tertiary/aromatic N) is 1. The van der Waals surface area contributed by atoms with E-state index in [0.717, 1.165) is 10.5 Å². The van der Waals surface area contributed by atoms with E-state index in [2.05, 4.69) is 0 Å². The third kappa shape index (κ3) is 4.01. The van der Waals surface area contributed by atoms with Crippen LogP contribution in [0.4, 0.5) is 5.69 Å². The maximum absolute atomic E-state index is 13.0. The van der Waals surface area contributed by atoms with Crippen LogP contribution in [-0.4, -0.2) is 26.1 Å². The van der Waals surface area contributed by atoms with Crippen molar-refractivity contribution < 1.29 is 23.2 Å². The lowest BCUT2D eigenvalue weighted by Gasteiger charge is -2.23. The maximum atomic E-state index is 13.0. The lowest BCUT2D eigenvalue weighted by molar-refractivity contribution is -0.131. The Balaban J connectivity index is 2.54. The number of hydrogen-bond donors (Lipinski definition) is 1. The minimum atomic E-state index is -4.03. The largest absolute Gasteiger partial charge is 0.478 e. The molecule has 24 heavy (non-hydrogen) atoms. The van der Waals surface area contributed by atoms with Crippen LogP contribution in [0.2, 0.25) is 0 Å². The van der Waals surface area contributed by atoms with E-state index in [4.69, 9.17) is 9.94 Å². The highest BCUT2D eigenvalue weighted by Gasteiger charge is 2.27. The lowest BCUT2D eigenvalue weighted by atomic mass is 10.2. The van der Waals surface area contributed by atoms with E-state index in [1.807, 2.05) is 0 Å². The van der Waals surface area contributed by atoms with Crippen LogP contribution in [0.1, 0.15) is 12.5 Å². The fourth-order valence-electron chi connectivity index (χ4n) is 2.05. The first-order valence-corrected chi connectivity index (χ1v) is 8.64. The first-order chi connectivity index (χ1) is 11.5. The monoisotopic (exact) mass is 347 g/mol. The molecule has 2 rings (SSSR count). The van der Waals surface area contributed by atoms with E-state index in [-0.39, 0.29) is 17.1 Å². The second-order valence-electron chi connectivity index (χ2n) is 4.69. The van der Waals surface area contributed by atoms with E-state index in [9.17, 15) is 13.2 Å². The molecule has 0 fully saturated rings. The Morgan fingerprint density at radius 3 is 2.38 bits per heavy atom. The number of carboxylic acid groups (broad SMARTS) is 1. The normalized spacial score (nSPS) is 11.5. The Labute approximate surface area is 140 Å². The van der Waals surface area contributed by atoms with Gasteiger partial charge in [-0.15, -0.1) is 4.47 Å². The van der Waals surface area contributed by atoms with Gasteiger partial charge >= 0.3 is 5.97 Å². The van der Waals surface area contributed by atoms with Crippen molar-refractivity contribution in [1.29, 1.82) is 0 Å². The summed E-state index contributed by atoms with van der Waals surface area (Å²) < 4.78 is 26.9. The van der Waals surface area contributed by atoms with Gasteiger partial charge in [-0.05, 0) is 36.8 Å². The molecule has 0 saturated heterocycles. The smallest absolute Gasteiger partial charge is 0.328 e. The quantitative estimate of drug-likeness (QED) is 0.615. The Morgan fingerprint density at radius 2 is 1.75 bits per heavy atom. The summed E-state index contributed by atoms with van der Waals surface area (Å²) in [6, 6.07) is 14.5. The predicted octanol–water partition coefficient (Wildman–Crippen LogP) is 2.93. The molecule has 0 unspecified atom stereocenters. The second-order valence-corrected chi connectivity index (χ2v) is 6.42. The molecule has 0 saturated carbocycles. The van der Waals surface area contributed by atoms with Gasteiger partial charge in [-0.3, -0.25) is 4.84 Å². The fraction of sp³-hybridized carbons (Fsp3) is 0.118. The van der Waals surface area contributed by atoms with E-state index in [1.54, 1.807) is 49.4 Å². The molecule has 0 bridgehead atoms. The van der Waals surface area contributed by atoms with Crippen LogP contribution >= 0.6 is 0 Å². The molecule has 0 atom stereocenters. The van der Waals surface area contributed by atoms with Gasteiger partial charge in [0.05, 0.1) is 17.2 Å². The van der Waals surface area contributed by atoms with Crippen molar-refractivity contribution >= 4 is 27.8 Å². The second kappa shape index (κ2) is 7.76. The molecule has 0 heterocycles. The number of benzene rings is 2. The van der Waals surface area contributed by atoms with E-state index >= 15 is 0 Å². The van der Waals surface area contributed by atoms with Crippen molar-refractivity contribution in [2.24, 2.45) is 0 Å². The molecule has 0 aliphatic heterocycles. The summed E-state index contributed by atoms with van der Waals surface area (Å²) in [4.78, 5) is 16.0. The van der Waals surface area contributed by atoms with Gasteiger partial charge < -0.3 is 5.11 Å². The third-order valence-corrected chi connectivity index (χ3v) is 4.71. The number of rotatable bonds is 7. The van der Waals surface area contributed by atoms with Gasteiger partial charge in [0.2, 0.25) is 0 Å². The average Bonchev–Trinajstić information content (AvgIpc) is 2.58. The topological polar surface area (TPSA) is 83.9 Å². The number of aliphatic carboxylic acids is 1. The highest BCUT2D eigenvalue weighted by atomic mass is 32.2. The standard InChI is InChI=1S/C17H17NO5S/c1-2-23-18(15-9-4-3-5-10-15)24(21,22)16-11-7-6-8-14(16)12-13-17(19)20/h3-13H,2H2,1H3,(H,19,20). The van der Waals surface area contributed by atoms with Gasteiger partial charge in [0.1, 0.15) is 0 Å². The molecular formula is C17H17NO5S. The number of carbonyl (C=O) groups is 1. The number of sulfonamides is 1. The zero-order chi connectivity index (χ0) is 17.6. The van der Waals surface area contributed by atoms with Crippen molar-refractivity contribution in [3.05, 3.63) is 66.2 Å². The minimum absolute atomic E-state index is 0.0418. The number of hydrogen-bond acceptors (Lipinski definition) is 4. The van der Waals surface area contributed by atoms with Gasteiger partial charge in [0.25, 0.3) is 10.0 Å². The van der Waals surface area contributed by atoms with Crippen LogP contribution in [-0.2, 0) is 19.7 Å². The van der Waals surface area contributed by atoms with Crippen LogP contribution in [0.25, 0.3) is 6.08 Å². The van der Waals surface area contributed by atoms with E-state index in [1.165, 1.54) is 18.2 Å². The molecule has 126 valence electrons. The van der Waals surface area contributed by atoms with Gasteiger partial charge in [0.15, 0.2) is 0 Å². The first kappa shape index (κ1) is 17.7. The van der Waals surface area contributed by atoms with Crippen LogP contribution in [0.5, 0.6) is 0 Å². The molecule has 2 aromatic rings. The Morgan fingerprint density at radius 1 is 1.12 bits per heavy atom. The summed E-state index contributed by atoms with van der Waals surface area (Å²) in [5.74, 6) is -1.16. The molecule has 0 spiro atoms. The maximum Gasteiger partial charge on any atom is 0.328 e. The summed E-state index contributed by atoms with van der Waals surface area (Å²) in [5.41, 5.74) is 0.622. The zero-order valence-corrected chi connectivity index (χ0v) is 13.8. The fourth-order valence-corrected chi connectivity index (χ4v) is 3.56. The van der Waals surface area contributed by atoms with Crippen molar-refractivity contribution in [3.63, 3.8) is 0 Å². The summed E-state index contributed by atoms with van der Waals surface area (Å²) >= 11 is 0. The molecule has 0 aromatic heterocycles. The highest BCUT2D eigenvalue weighted by molar-refractivity contribution is 7.92. The van der Waals surface area contributed by atoms with Crippen molar-refractivity contribution in [3.8, 4) is 0 Å². The summed E-state index contributed by atoms with van der Waals surface area (Å²) in [5, 5.41) is 8.77. The van der Waals surface area contributed by atoms with Crippen molar-refractivity contribution in [1.82, 2.24) is 0 Å². The SMILES string of the molecule is CCON(c1ccccc1)S(=O)(=O)c1ccccc1C=CC(=O)O. The number of carboxylic acids is 1. The Bertz CT molecular complexity index is 831. The van der Waals surface area contributed by atoms with Gasteiger partial charge in [0, 0.05) is 6.08 Å². The summed E-state index contributed by atoms with van der Waals surface area (Å²) in [7, 11) is -4.03. The van der Waals surface area contributed by atoms with Crippen molar-refractivity contribution in [2.75, 3.05) is 11.1 Å². The molecule has 7 heteroatoms. The lowest BCUT2D eigenvalue weighted by Crippen LogP contribution is -2.31. The van der Waals surface area contributed by atoms with Crippen LogP contribution in [0, 0.1) is 0 Å².